The van der Waals surface area contributed by atoms with Crippen LogP contribution in [0.15, 0.2) is 42.5 Å². The van der Waals surface area contributed by atoms with E-state index in [4.69, 9.17) is 4.98 Å². The molecule has 0 amide bonds. The minimum atomic E-state index is 0.225. The van der Waals surface area contributed by atoms with Crippen LogP contribution < -0.4 is 5.32 Å². The standard InChI is InChI=1S/C19H23N3/c1-15-7-8-17-9-10-19(21-18(17)20-15)11-12-22(14-19)13-16-5-3-2-4-6-16/h2-8H,9-14H2,1H3,(H,20,21). The molecular formula is C19H23N3. The van der Waals surface area contributed by atoms with Gasteiger partial charge in [0.05, 0.1) is 5.54 Å². The van der Waals surface area contributed by atoms with Gasteiger partial charge in [0, 0.05) is 25.3 Å². The average Bonchev–Trinajstić information content (AvgIpc) is 2.90. The maximum atomic E-state index is 4.71. The fraction of sp³-hybridized carbons (Fsp3) is 0.421. The Morgan fingerprint density at radius 3 is 2.86 bits per heavy atom. The summed E-state index contributed by atoms with van der Waals surface area (Å²) < 4.78 is 0. The summed E-state index contributed by atoms with van der Waals surface area (Å²) >= 11 is 0. The second-order valence-corrected chi connectivity index (χ2v) is 6.81. The molecule has 1 fully saturated rings. The topological polar surface area (TPSA) is 28.2 Å². The molecule has 3 heterocycles. The van der Waals surface area contributed by atoms with Gasteiger partial charge in [-0.05, 0) is 43.4 Å². The molecule has 114 valence electrons. The molecule has 1 aromatic heterocycles. The van der Waals surface area contributed by atoms with Crippen molar-refractivity contribution in [3.63, 3.8) is 0 Å². The van der Waals surface area contributed by atoms with E-state index in [2.05, 4.69) is 59.6 Å². The number of nitrogens with one attached hydrogen (secondary N) is 1. The minimum absolute atomic E-state index is 0.225. The van der Waals surface area contributed by atoms with E-state index in [1.807, 2.05) is 0 Å². The van der Waals surface area contributed by atoms with Crippen molar-refractivity contribution < 1.29 is 0 Å². The second-order valence-electron chi connectivity index (χ2n) is 6.81. The summed E-state index contributed by atoms with van der Waals surface area (Å²) in [5.74, 6) is 1.12. The molecule has 1 unspecified atom stereocenters. The molecule has 4 rings (SSSR count). The summed E-state index contributed by atoms with van der Waals surface area (Å²) in [6.45, 7) is 5.41. The van der Waals surface area contributed by atoms with Crippen LogP contribution in [0.5, 0.6) is 0 Å². The van der Waals surface area contributed by atoms with Gasteiger partial charge in [0.15, 0.2) is 0 Å². The Labute approximate surface area is 132 Å². The van der Waals surface area contributed by atoms with E-state index in [-0.39, 0.29) is 5.54 Å². The minimum Gasteiger partial charge on any atom is -0.363 e. The molecule has 0 radical (unpaired) electrons. The van der Waals surface area contributed by atoms with Gasteiger partial charge in [0.1, 0.15) is 5.82 Å². The zero-order valence-corrected chi connectivity index (χ0v) is 13.2. The summed E-state index contributed by atoms with van der Waals surface area (Å²) in [6, 6.07) is 15.1. The third-order valence-corrected chi connectivity index (χ3v) is 5.06. The van der Waals surface area contributed by atoms with Crippen LogP contribution in [0.2, 0.25) is 0 Å². The van der Waals surface area contributed by atoms with E-state index in [1.165, 1.54) is 30.5 Å². The SMILES string of the molecule is Cc1ccc2c(n1)NC1(CC2)CCN(Cc2ccccc2)C1. The summed E-state index contributed by atoms with van der Waals surface area (Å²) in [7, 11) is 0. The van der Waals surface area contributed by atoms with Crippen LogP contribution in [0, 0.1) is 6.92 Å². The number of rotatable bonds is 2. The Balaban J connectivity index is 1.48. The van der Waals surface area contributed by atoms with Gasteiger partial charge in [-0.15, -0.1) is 0 Å². The van der Waals surface area contributed by atoms with Crippen LogP contribution >= 0.6 is 0 Å². The number of likely N-dealkylation sites (tertiary alicyclic amines) is 1. The Bertz CT molecular complexity index is 668. The van der Waals surface area contributed by atoms with Gasteiger partial charge in [0.2, 0.25) is 0 Å². The van der Waals surface area contributed by atoms with Gasteiger partial charge in [-0.1, -0.05) is 36.4 Å². The molecule has 1 atom stereocenters. The molecule has 1 saturated heterocycles. The lowest BCUT2D eigenvalue weighted by atomic mass is 9.86. The predicted molar refractivity (Wildman–Crippen MR) is 90.0 cm³/mol. The van der Waals surface area contributed by atoms with Crippen molar-refractivity contribution in [3.8, 4) is 0 Å². The Hall–Kier alpha value is -1.87. The number of anilines is 1. The summed E-state index contributed by atoms with van der Waals surface area (Å²) in [5, 5.41) is 3.78. The maximum Gasteiger partial charge on any atom is 0.129 e. The van der Waals surface area contributed by atoms with Gasteiger partial charge < -0.3 is 5.32 Å². The summed E-state index contributed by atoms with van der Waals surface area (Å²) in [4.78, 5) is 7.28. The zero-order chi connectivity index (χ0) is 15.0. The first-order valence-corrected chi connectivity index (χ1v) is 8.24. The average molecular weight is 293 g/mol. The number of pyridine rings is 1. The smallest absolute Gasteiger partial charge is 0.129 e. The number of fused-ring (bicyclic) bond motifs is 1. The fourth-order valence-corrected chi connectivity index (χ4v) is 3.82. The molecule has 1 aromatic carbocycles. The Kier molecular flexibility index (Phi) is 3.38. The first kappa shape index (κ1) is 13.8. The highest BCUT2D eigenvalue weighted by Gasteiger charge is 2.40. The van der Waals surface area contributed by atoms with Crippen LogP contribution in [0.1, 0.15) is 29.7 Å². The molecule has 2 aliphatic heterocycles. The lowest BCUT2D eigenvalue weighted by molar-refractivity contribution is 0.303. The normalized spacial score (nSPS) is 24.2. The largest absolute Gasteiger partial charge is 0.363 e. The molecule has 22 heavy (non-hydrogen) atoms. The summed E-state index contributed by atoms with van der Waals surface area (Å²) in [5.41, 5.74) is 4.10. The van der Waals surface area contributed by atoms with Crippen LogP contribution in [0.25, 0.3) is 0 Å². The molecule has 0 aliphatic carbocycles. The number of hydrogen-bond acceptors (Lipinski definition) is 3. The maximum absolute atomic E-state index is 4.71. The van der Waals surface area contributed by atoms with Gasteiger partial charge in [0.25, 0.3) is 0 Å². The van der Waals surface area contributed by atoms with Crippen molar-refractivity contribution in [2.24, 2.45) is 0 Å². The highest BCUT2D eigenvalue weighted by Crippen LogP contribution is 2.36. The molecule has 3 heteroatoms. The van der Waals surface area contributed by atoms with Crippen LogP contribution in [-0.4, -0.2) is 28.5 Å². The quantitative estimate of drug-likeness (QED) is 0.920. The zero-order valence-electron chi connectivity index (χ0n) is 13.2. The van der Waals surface area contributed by atoms with E-state index in [1.54, 1.807) is 0 Å². The molecule has 2 aromatic rings. The van der Waals surface area contributed by atoms with E-state index in [0.29, 0.717) is 0 Å². The van der Waals surface area contributed by atoms with Crippen LogP contribution in [0.3, 0.4) is 0 Å². The molecule has 2 aliphatic rings. The van der Waals surface area contributed by atoms with Gasteiger partial charge in [-0.25, -0.2) is 4.98 Å². The highest BCUT2D eigenvalue weighted by atomic mass is 15.2. The molecule has 1 spiro atoms. The van der Waals surface area contributed by atoms with Crippen LogP contribution in [0.4, 0.5) is 5.82 Å². The van der Waals surface area contributed by atoms with E-state index in [9.17, 15) is 0 Å². The van der Waals surface area contributed by atoms with Crippen molar-refractivity contribution in [1.29, 1.82) is 0 Å². The van der Waals surface area contributed by atoms with Crippen molar-refractivity contribution >= 4 is 5.82 Å². The van der Waals surface area contributed by atoms with Crippen LogP contribution in [-0.2, 0) is 13.0 Å². The lowest BCUT2D eigenvalue weighted by Gasteiger charge is -2.36. The fourth-order valence-electron chi connectivity index (χ4n) is 3.82. The van der Waals surface area contributed by atoms with E-state index < -0.39 is 0 Å². The number of hydrogen-bond donors (Lipinski definition) is 1. The highest BCUT2D eigenvalue weighted by molar-refractivity contribution is 5.50. The van der Waals surface area contributed by atoms with E-state index >= 15 is 0 Å². The van der Waals surface area contributed by atoms with Crippen molar-refractivity contribution in [1.82, 2.24) is 9.88 Å². The van der Waals surface area contributed by atoms with Crippen molar-refractivity contribution in [2.75, 3.05) is 18.4 Å². The first-order chi connectivity index (χ1) is 10.7. The van der Waals surface area contributed by atoms with Crippen molar-refractivity contribution in [2.45, 2.75) is 38.3 Å². The number of aromatic nitrogens is 1. The van der Waals surface area contributed by atoms with Gasteiger partial charge in [-0.2, -0.15) is 0 Å². The number of nitrogens with zero attached hydrogens (tertiary/aromatic N) is 2. The molecule has 0 saturated carbocycles. The second kappa shape index (κ2) is 5.40. The molecule has 3 nitrogen and oxygen atoms in total. The third kappa shape index (κ3) is 2.61. The van der Waals surface area contributed by atoms with Gasteiger partial charge >= 0.3 is 0 Å². The lowest BCUT2D eigenvalue weighted by Crippen LogP contribution is -2.44. The summed E-state index contributed by atoms with van der Waals surface area (Å²) in [6.07, 6.45) is 3.58. The molecular weight excluding hydrogens is 270 g/mol. The molecule has 0 bridgehead atoms. The van der Waals surface area contributed by atoms with Crippen molar-refractivity contribution in [3.05, 3.63) is 59.3 Å². The Morgan fingerprint density at radius 1 is 1.14 bits per heavy atom. The van der Waals surface area contributed by atoms with E-state index in [0.717, 1.165) is 31.0 Å². The van der Waals surface area contributed by atoms with Gasteiger partial charge in [-0.3, -0.25) is 4.90 Å². The first-order valence-electron chi connectivity index (χ1n) is 8.24. The Morgan fingerprint density at radius 2 is 2.00 bits per heavy atom. The number of benzene rings is 1. The third-order valence-electron chi connectivity index (χ3n) is 5.06. The predicted octanol–water partition coefficient (Wildman–Crippen LogP) is 3.39. The molecule has 1 N–H and O–H groups in total. The number of aryl methyl sites for hydroxylation is 2. The monoisotopic (exact) mass is 293 g/mol.